The predicted octanol–water partition coefficient (Wildman–Crippen LogP) is 2.33. The maximum absolute atomic E-state index is 12.3. The number of aryl methyl sites for hydroxylation is 2. The van der Waals surface area contributed by atoms with E-state index in [2.05, 4.69) is 25.4 Å². The van der Waals surface area contributed by atoms with Crippen LogP contribution in [0.4, 0.5) is 5.82 Å². The molecule has 1 saturated heterocycles. The SMILES string of the molecule is Cc1nc(C)c(C(=O)NCC2CN(c3ccc4nnc(C5CCC5)n4n3)C2)s1. The van der Waals surface area contributed by atoms with Gasteiger partial charge in [-0.2, -0.15) is 4.52 Å². The Morgan fingerprint density at radius 2 is 2.07 bits per heavy atom. The molecular formula is C19H23N7OS. The summed E-state index contributed by atoms with van der Waals surface area (Å²) in [4.78, 5) is 19.6. The van der Waals surface area contributed by atoms with Crippen LogP contribution in [0.5, 0.6) is 0 Å². The molecule has 0 unspecified atom stereocenters. The highest BCUT2D eigenvalue weighted by atomic mass is 32.1. The van der Waals surface area contributed by atoms with Gasteiger partial charge < -0.3 is 10.2 Å². The molecule has 0 bridgehead atoms. The molecule has 28 heavy (non-hydrogen) atoms. The van der Waals surface area contributed by atoms with Gasteiger partial charge in [-0.3, -0.25) is 4.79 Å². The summed E-state index contributed by atoms with van der Waals surface area (Å²) in [5, 5.41) is 17.3. The number of thiazole rings is 1. The number of aromatic nitrogens is 5. The molecule has 146 valence electrons. The molecule has 0 atom stereocenters. The summed E-state index contributed by atoms with van der Waals surface area (Å²) in [5.41, 5.74) is 1.62. The second-order valence-corrected chi connectivity index (χ2v) is 8.98. The largest absolute Gasteiger partial charge is 0.354 e. The van der Waals surface area contributed by atoms with E-state index in [1.165, 1.54) is 30.6 Å². The Morgan fingerprint density at radius 3 is 2.75 bits per heavy atom. The third-order valence-electron chi connectivity index (χ3n) is 5.69. The van der Waals surface area contributed by atoms with E-state index in [0.29, 0.717) is 18.4 Å². The van der Waals surface area contributed by atoms with Gasteiger partial charge in [-0.15, -0.1) is 26.6 Å². The molecule has 3 aromatic heterocycles. The quantitative estimate of drug-likeness (QED) is 0.711. The molecule has 3 aromatic rings. The van der Waals surface area contributed by atoms with Crippen LogP contribution >= 0.6 is 11.3 Å². The fourth-order valence-corrected chi connectivity index (χ4v) is 4.67. The number of amides is 1. The number of anilines is 1. The first-order valence-corrected chi connectivity index (χ1v) is 10.6. The molecule has 4 heterocycles. The monoisotopic (exact) mass is 397 g/mol. The van der Waals surface area contributed by atoms with Crippen molar-refractivity contribution in [2.75, 3.05) is 24.5 Å². The molecule has 0 aromatic carbocycles. The normalized spacial score (nSPS) is 17.6. The first kappa shape index (κ1) is 17.5. The second kappa shape index (κ2) is 6.80. The van der Waals surface area contributed by atoms with E-state index >= 15 is 0 Å². The highest BCUT2D eigenvalue weighted by Gasteiger charge is 2.30. The molecule has 5 rings (SSSR count). The van der Waals surface area contributed by atoms with E-state index < -0.39 is 0 Å². The minimum Gasteiger partial charge on any atom is -0.354 e. The van der Waals surface area contributed by atoms with E-state index in [1.54, 1.807) is 0 Å². The van der Waals surface area contributed by atoms with Crippen molar-refractivity contribution in [2.45, 2.75) is 39.0 Å². The lowest BCUT2D eigenvalue weighted by molar-refractivity contribution is 0.0947. The van der Waals surface area contributed by atoms with Gasteiger partial charge in [-0.25, -0.2) is 4.98 Å². The van der Waals surface area contributed by atoms with Gasteiger partial charge in [0.05, 0.1) is 10.7 Å². The highest BCUT2D eigenvalue weighted by molar-refractivity contribution is 7.13. The van der Waals surface area contributed by atoms with Crippen molar-refractivity contribution >= 4 is 28.7 Å². The van der Waals surface area contributed by atoms with Crippen LogP contribution in [0.25, 0.3) is 5.65 Å². The number of hydrogen-bond acceptors (Lipinski definition) is 7. The van der Waals surface area contributed by atoms with Crippen LogP contribution in [0.15, 0.2) is 12.1 Å². The van der Waals surface area contributed by atoms with Crippen LogP contribution in [0.2, 0.25) is 0 Å². The number of nitrogens with one attached hydrogen (secondary N) is 1. The van der Waals surface area contributed by atoms with Crippen LogP contribution in [0.1, 0.15) is 51.4 Å². The van der Waals surface area contributed by atoms with Gasteiger partial charge in [-0.1, -0.05) is 6.42 Å². The Labute approximate surface area is 167 Å². The maximum Gasteiger partial charge on any atom is 0.263 e. The molecule has 1 N–H and O–H groups in total. The van der Waals surface area contributed by atoms with Crippen molar-refractivity contribution in [1.82, 2.24) is 30.1 Å². The van der Waals surface area contributed by atoms with Gasteiger partial charge in [0.15, 0.2) is 11.5 Å². The van der Waals surface area contributed by atoms with Crippen molar-refractivity contribution in [2.24, 2.45) is 5.92 Å². The number of fused-ring (bicyclic) bond motifs is 1. The Bertz CT molecular complexity index is 1030. The Balaban J connectivity index is 1.20. The van der Waals surface area contributed by atoms with Gasteiger partial charge >= 0.3 is 0 Å². The van der Waals surface area contributed by atoms with Crippen LogP contribution in [-0.4, -0.2) is 50.3 Å². The Kier molecular flexibility index (Phi) is 4.26. The van der Waals surface area contributed by atoms with Gasteiger partial charge in [0.25, 0.3) is 5.91 Å². The zero-order valence-corrected chi connectivity index (χ0v) is 16.9. The van der Waals surface area contributed by atoms with Gasteiger partial charge in [0, 0.05) is 31.5 Å². The summed E-state index contributed by atoms with van der Waals surface area (Å²) in [5.74, 6) is 2.85. The molecule has 1 aliphatic heterocycles. The molecule has 1 aliphatic carbocycles. The molecule has 1 amide bonds. The Morgan fingerprint density at radius 1 is 1.25 bits per heavy atom. The van der Waals surface area contributed by atoms with Crippen molar-refractivity contribution in [3.05, 3.63) is 33.5 Å². The molecule has 1 saturated carbocycles. The number of hydrogen-bond donors (Lipinski definition) is 1. The second-order valence-electron chi connectivity index (χ2n) is 7.78. The van der Waals surface area contributed by atoms with E-state index in [4.69, 9.17) is 5.10 Å². The van der Waals surface area contributed by atoms with Gasteiger partial charge in [0.1, 0.15) is 10.7 Å². The van der Waals surface area contributed by atoms with Crippen LogP contribution in [0.3, 0.4) is 0 Å². The summed E-state index contributed by atoms with van der Waals surface area (Å²) in [6.07, 6.45) is 3.62. The number of rotatable bonds is 5. The third-order valence-corrected chi connectivity index (χ3v) is 6.76. The summed E-state index contributed by atoms with van der Waals surface area (Å²) >= 11 is 1.45. The lowest BCUT2D eigenvalue weighted by Crippen LogP contribution is -2.52. The average Bonchev–Trinajstić information content (AvgIpc) is 3.15. The summed E-state index contributed by atoms with van der Waals surface area (Å²) in [6.45, 7) is 6.26. The zero-order chi connectivity index (χ0) is 19.3. The predicted molar refractivity (Wildman–Crippen MR) is 107 cm³/mol. The van der Waals surface area contributed by atoms with Crippen molar-refractivity contribution in [3.8, 4) is 0 Å². The molecule has 2 fully saturated rings. The van der Waals surface area contributed by atoms with E-state index in [-0.39, 0.29) is 5.91 Å². The van der Waals surface area contributed by atoms with E-state index in [1.807, 2.05) is 30.5 Å². The maximum atomic E-state index is 12.3. The summed E-state index contributed by atoms with van der Waals surface area (Å²) < 4.78 is 1.91. The first-order chi connectivity index (χ1) is 13.6. The van der Waals surface area contributed by atoms with E-state index in [0.717, 1.165) is 46.0 Å². The molecule has 8 nitrogen and oxygen atoms in total. The molecule has 9 heteroatoms. The van der Waals surface area contributed by atoms with Crippen molar-refractivity contribution in [3.63, 3.8) is 0 Å². The topological polar surface area (TPSA) is 88.3 Å². The number of nitrogens with zero attached hydrogens (tertiary/aromatic N) is 6. The molecule has 0 spiro atoms. The fraction of sp³-hybridized carbons (Fsp3) is 0.526. The van der Waals surface area contributed by atoms with Crippen molar-refractivity contribution in [1.29, 1.82) is 0 Å². The Hall–Kier alpha value is -2.55. The number of carbonyl (C=O) groups is 1. The fourth-order valence-electron chi connectivity index (χ4n) is 3.83. The zero-order valence-electron chi connectivity index (χ0n) is 16.1. The smallest absolute Gasteiger partial charge is 0.263 e. The summed E-state index contributed by atoms with van der Waals surface area (Å²) in [6, 6.07) is 3.99. The molecular weight excluding hydrogens is 374 g/mol. The minimum atomic E-state index is -0.0178. The van der Waals surface area contributed by atoms with Gasteiger partial charge in [-0.05, 0) is 38.8 Å². The average molecular weight is 398 g/mol. The van der Waals surface area contributed by atoms with E-state index in [9.17, 15) is 4.79 Å². The van der Waals surface area contributed by atoms with Crippen molar-refractivity contribution < 1.29 is 4.79 Å². The van der Waals surface area contributed by atoms with Gasteiger partial charge in [0.2, 0.25) is 0 Å². The van der Waals surface area contributed by atoms with Crippen LogP contribution < -0.4 is 10.2 Å². The lowest BCUT2D eigenvalue weighted by atomic mass is 9.85. The minimum absolute atomic E-state index is 0.0178. The summed E-state index contributed by atoms with van der Waals surface area (Å²) in [7, 11) is 0. The first-order valence-electron chi connectivity index (χ1n) is 9.78. The number of carbonyl (C=O) groups excluding carboxylic acids is 1. The van der Waals surface area contributed by atoms with Crippen LogP contribution in [0, 0.1) is 19.8 Å². The molecule has 0 radical (unpaired) electrons. The highest BCUT2D eigenvalue weighted by Crippen LogP contribution is 2.35. The van der Waals surface area contributed by atoms with Crippen LogP contribution in [-0.2, 0) is 0 Å². The standard InChI is InChI=1S/C19H23N7OS/c1-11-17(28-12(2)21-11)19(27)20-8-13-9-25(10-13)16-7-6-15-22-23-18(26(15)24-16)14-4-3-5-14/h6-7,13-14H,3-5,8-10H2,1-2H3,(H,20,27). The molecule has 2 aliphatic rings. The lowest BCUT2D eigenvalue weighted by Gasteiger charge is -2.40. The third kappa shape index (κ3) is 3.03.